The SMILES string of the molecule is CN(c1ccccc1)c1nc(NN)nc2ccc(Br)cc12. The Morgan fingerprint density at radius 2 is 1.86 bits per heavy atom. The highest BCUT2D eigenvalue weighted by Crippen LogP contribution is 2.31. The highest BCUT2D eigenvalue weighted by Gasteiger charge is 2.13. The summed E-state index contributed by atoms with van der Waals surface area (Å²) in [6.07, 6.45) is 0. The molecule has 21 heavy (non-hydrogen) atoms. The number of nitrogens with one attached hydrogen (secondary N) is 1. The highest BCUT2D eigenvalue weighted by atomic mass is 79.9. The molecular weight excluding hydrogens is 330 g/mol. The molecule has 106 valence electrons. The molecule has 0 fully saturated rings. The van der Waals surface area contributed by atoms with Crippen molar-refractivity contribution < 1.29 is 0 Å². The predicted molar refractivity (Wildman–Crippen MR) is 89.6 cm³/mol. The normalized spacial score (nSPS) is 10.6. The minimum absolute atomic E-state index is 0.391. The predicted octanol–water partition coefficient (Wildman–Crippen LogP) is 3.45. The Morgan fingerprint density at radius 3 is 2.57 bits per heavy atom. The average Bonchev–Trinajstić information content (AvgIpc) is 2.54. The van der Waals surface area contributed by atoms with E-state index in [1.165, 1.54) is 0 Å². The zero-order valence-corrected chi connectivity index (χ0v) is 13.0. The molecule has 0 aliphatic carbocycles. The molecule has 3 N–H and O–H groups in total. The fraction of sp³-hybridized carbons (Fsp3) is 0.0667. The van der Waals surface area contributed by atoms with Gasteiger partial charge < -0.3 is 4.90 Å². The van der Waals surface area contributed by atoms with E-state index in [0.29, 0.717) is 5.95 Å². The maximum Gasteiger partial charge on any atom is 0.239 e. The first kappa shape index (κ1) is 13.8. The molecule has 0 atom stereocenters. The van der Waals surface area contributed by atoms with Crippen LogP contribution in [0.15, 0.2) is 53.0 Å². The molecular formula is C15H14BrN5. The van der Waals surface area contributed by atoms with Gasteiger partial charge in [0.15, 0.2) is 0 Å². The fourth-order valence-corrected chi connectivity index (χ4v) is 2.54. The summed E-state index contributed by atoms with van der Waals surface area (Å²) in [7, 11) is 1.97. The summed E-state index contributed by atoms with van der Waals surface area (Å²) < 4.78 is 0.981. The van der Waals surface area contributed by atoms with E-state index < -0.39 is 0 Å². The Bertz CT molecular complexity index is 776. The van der Waals surface area contributed by atoms with E-state index >= 15 is 0 Å². The van der Waals surface area contributed by atoms with Gasteiger partial charge >= 0.3 is 0 Å². The number of benzene rings is 2. The molecule has 6 heteroatoms. The van der Waals surface area contributed by atoms with Gasteiger partial charge in [0.25, 0.3) is 0 Å². The summed E-state index contributed by atoms with van der Waals surface area (Å²) in [6.45, 7) is 0. The van der Waals surface area contributed by atoms with Crippen molar-refractivity contribution in [3.8, 4) is 0 Å². The monoisotopic (exact) mass is 343 g/mol. The van der Waals surface area contributed by atoms with Crippen molar-refractivity contribution in [1.29, 1.82) is 0 Å². The lowest BCUT2D eigenvalue weighted by atomic mass is 10.2. The van der Waals surface area contributed by atoms with Crippen LogP contribution in [0.4, 0.5) is 17.5 Å². The number of anilines is 3. The number of nitrogens with two attached hydrogens (primary N) is 1. The molecule has 0 saturated carbocycles. The third kappa shape index (κ3) is 2.68. The lowest BCUT2D eigenvalue weighted by Gasteiger charge is -2.20. The molecule has 0 bridgehead atoms. The number of nitrogen functional groups attached to an aromatic ring is 1. The van der Waals surface area contributed by atoms with Gasteiger partial charge in [0.05, 0.1) is 5.52 Å². The fourth-order valence-electron chi connectivity index (χ4n) is 2.18. The molecule has 0 spiro atoms. The van der Waals surface area contributed by atoms with Gasteiger partial charge in [-0.1, -0.05) is 34.1 Å². The number of nitrogens with zero attached hydrogens (tertiary/aromatic N) is 3. The summed E-state index contributed by atoms with van der Waals surface area (Å²) >= 11 is 3.49. The lowest BCUT2D eigenvalue weighted by molar-refractivity contribution is 1.09. The van der Waals surface area contributed by atoms with Crippen LogP contribution in [0.5, 0.6) is 0 Å². The van der Waals surface area contributed by atoms with E-state index in [-0.39, 0.29) is 0 Å². The smallest absolute Gasteiger partial charge is 0.239 e. The molecule has 3 rings (SSSR count). The number of fused-ring (bicyclic) bond motifs is 1. The maximum absolute atomic E-state index is 5.48. The molecule has 3 aromatic rings. The average molecular weight is 344 g/mol. The summed E-state index contributed by atoms with van der Waals surface area (Å²) in [4.78, 5) is 10.9. The van der Waals surface area contributed by atoms with Gasteiger partial charge in [-0.2, -0.15) is 4.98 Å². The number of hydrogen-bond donors (Lipinski definition) is 2. The van der Waals surface area contributed by atoms with Crippen molar-refractivity contribution in [1.82, 2.24) is 9.97 Å². The third-order valence-electron chi connectivity index (χ3n) is 3.23. The second kappa shape index (κ2) is 5.67. The number of aromatic nitrogens is 2. The molecule has 0 unspecified atom stereocenters. The Hall–Kier alpha value is -2.18. The largest absolute Gasteiger partial charge is 0.329 e. The molecule has 2 aromatic carbocycles. The molecule has 1 heterocycles. The van der Waals surface area contributed by atoms with Crippen LogP contribution >= 0.6 is 15.9 Å². The molecule has 0 aliphatic rings. The van der Waals surface area contributed by atoms with E-state index in [1.807, 2.05) is 60.5 Å². The zero-order chi connectivity index (χ0) is 14.8. The van der Waals surface area contributed by atoms with Gasteiger partial charge in [-0.25, -0.2) is 10.8 Å². The van der Waals surface area contributed by atoms with Crippen LogP contribution in [0.2, 0.25) is 0 Å². The van der Waals surface area contributed by atoms with Crippen molar-refractivity contribution >= 4 is 44.3 Å². The first-order valence-electron chi connectivity index (χ1n) is 6.42. The molecule has 5 nitrogen and oxygen atoms in total. The van der Waals surface area contributed by atoms with E-state index in [9.17, 15) is 0 Å². The van der Waals surface area contributed by atoms with E-state index in [0.717, 1.165) is 26.9 Å². The molecule has 0 radical (unpaired) electrons. The molecule has 0 aliphatic heterocycles. The van der Waals surface area contributed by atoms with Crippen LogP contribution in [0, 0.1) is 0 Å². The first-order chi connectivity index (χ1) is 10.2. The quantitative estimate of drug-likeness (QED) is 0.563. The van der Waals surface area contributed by atoms with E-state index in [1.54, 1.807) is 0 Å². The van der Waals surface area contributed by atoms with Gasteiger partial charge in [-0.15, -0.1) is 0 Å². The van der Waals surface area contributed by atoms with Crippen molar-refractivity contribution in [2.45, 2.75) is 0 Å². The molecule has 0 amide bonds. The Labute approximate surface area is 130 Å². The summed E-state index contributed by atoms with van der Waals surface area (Å²) in [6, 6.07) is 15.9. The van der Waals surface area contributed by atoms with Gasteiger partial charge in [-0.3, -0.25) is 5.43 Å². The Morgan fingerprint density at radius 1 is 1.10 bits per heavy atom. The van der Waals surface area contributed by atoms with Crippen molar-refractivity contribution in [2.75, 3.05) is 17.4 Å². The number of hydrogen-bond acceptors (Lipinski definition) is 5. The van der Waals surface area contributed by atoms with Crippen LogP contribution in [0.1, 0.15) is 0 Å². The van der Waals surface area contributed by atoms with Gasteiger partial charge in [0.2, 0.25) is 5.95 Å². The van der Waals surface area contributed by atoms with Crippen LogP contribution in [0.25, 0.3) is 10.9 Å². The van der Waals surface area contributed by atoms with Crippen molar-refractivity contribution in [2.24, 2.45) is 5.84 Å². The minimum Gasteiger partial charge on any atom is -0.329 e. The number of rotatable bonds is 3. The van der Waals surface area contributed by atoms with Crippen molar-refractivity contribution in [3.05, 3.63) is 53.0 Å². The van der Waals surface area contributed by atoms with Gasteiger partial charge in [-0.05, 0) is 30.3 Å². The van der Waals surface area contributed by atoms with Crippen molar-refractivity contribution in [3.63, 3.8) is 0 Å². The first-order valence-corrected chi connectivity index (χ1v) is 7.21. The number of halogens is 1. The number of hydrazine groups is 1. The summed E-state index contributed by atoms with van der Waals surface area (Å²) in [5, 5.41) is 0.953. The molecule has 1 aromatic heterocycles. The van der Waals surface area contributed by atoms with Crippen LogP contribution in [0.3, 0.4) is 0 Å². The summed E-state index contributed by atoms with van der Waals surface area (Å²) in [5.74, 6) is 6.66. The Kier molecular flexibility index (Phi) is 3.72. The molecule has 0 saturated heterocycles. The zero-order valence-electron chi connectivity index (χ0n) is 11.4. The lowest BCUT2D eigenvalue weighted by Crippen LogP contribution is -2.16. The van der Waals surface area contributed by atoms with Gasteiger partial charge in [0.1, 0.15) is 5.82 Å². The summed E-state index contributed by atoms with van der Waals surface area (Å²) in [5.41, 5.74) is 4.39. The topological polar surface area (TPSA) is 67.1 Å². The van der Waals surface area contributed by atoms with Crippen LogP contribution in [-0.4, -0.2) is 17.0 Å². The van der Waals surface area contributed by atoms with Gasteiger partial charge in [0, 0.05) is 22.6 Å². The van der Waals surface area contributed by atoms with E-state index in [2.05, 4.69) is 31.3 Å². The Balaban J connectivity index is 2.22. The highest BCUT2D eigenvalue weighted by molar-refractivity contribution is 9.10. The number of para-hydroxylation sites is 1. The van der Waals surface area contributed by atoms with Crippen LogP contribution in [-0.2, 0) is 0 Å². The maximum atomic E-state index is 5.48. The second-order valence-corrected chi connectivity index (χ2v) is 5.49. The van der Waals surface area contributed by atoms with Crippen LogP contribution < -0.4 is 16.2 Å². The standard InChI is InChI=1S/C15H14BrN5/c1-21(11-5-3-2-4-6-11)14-12-9-10(16)7-8-13(12)18-15(19-14)20-17/h2-9H,17H2,1H3,(H,18,19,20). The second-order valence-electron chi connectivity index (χ2n) is 4.57. The minimum atomic E-state index is 0.391. The van der Waals surface area contributed by atoms with E-state index in [4.69, 9.17) is 5.84 Å². The third-order valence-corrected chi connectivity index (χ3v) is 3.72.